The van der Waals surface area contributed by atoms with Crippen molar-refractivity contribution in [1.82, 2.24) is 4.90 Å². The Hall–Kier alpha value is -2.86. The fraction of sp³-hybridized carbons (Fsp3) is 0.417. The summed E-state index contributed by atoms with van der Waals surface area (Å²) in [6.45, 7) is 0.923. The summed E-state index contributed by atoms with van der Waals surface area (Å²) in [4.78, 5) is 29.0. The number of nitrogens with one attached hydrogen (secondary N) is 1. The lowest BCUT2D eigenvalue weighted by Crippen LogP contribution is -2.60. The molecule has 2 amide bonds. The van der Waals surface area contributed by atoms with Crippen LogP contribution in [-0.4, -0.2) is 49.6 Å². The maximum atomic E-state index is 13.7. The van der Waals surface area contributed by atoms with Crippen LogP contribution in [0.5, 0.6) is 5.75 Å². The Labute approximate surface area is 177 Å². The molecule has 0 unspecified atom stereocenters. The molecule has 1 saturated carbocycles. The third-order valence-electron chi connectivity index (χ3n) is 6.41. The van der Waals surface area contributed by atoms with Crippen molar-refractivity contribution in [2.75, 3.05) is 32.7 Å². The van der Waals surface area contributed by atoms with Crippen molar-refractivity contribution in [2.24, 2.45) is 0 Å². The molecule has 4 rings (SSSR count). The van der Waals surface area contributed by atoms with Gasteiger partial charge in [0, 0.05) is 31.0 Å². The largest absolute Gasteiger partial charge is 0.497 e. The Morgan fingerprint density at radius 3 is 2.63 bits per heavy atom. The van der Waals surface area contributed by atoms with Crippen LogP contribution >= 0.6 is 0 Å². The first kappa shape index (κ1) is 20.4. The molecule has 1 aliphatic carbocycles. The van der Waals surface area contributed by atoms with E-state index < -0.39 is 11.5 Å². The standard InChI is InChI=1S/C24H28N2O4/c1-29-15-14-26-23(28)20-11-4-3-10-19(20)21(24(26)12-5-6-13-24)22(27)25-17-8-7-9-18(16-17)30-2/h3-4,7-11,16,21H,5-6,12-15H2,1-2H3,(H,25,27)/t21-/m1/s1. The zero-order valence-corrected chi connectivity index (χ0v) is 17.5. The van der Waals surface area contributed by atoms with E-state index in [1.807, 2.05) is 53.4 Å². The molecular formula is C24H28N2O4. The number of ether oxygens (including phenoxy) is 2. The first-order valence-electron chi connectivity index (χ1n) is 10.5. The third kappa shape index (κ3) is 3.45. The summed E-state index contributed by atoms with van der Waals surface area (Å²) in [5.41, 5.74) is 1.59. The molecule has 0 bridgehead atoms. The van der Waals surface area contributed by atoms with Crippen LogP contribution in [0, 0.1) is 0 Å². The van der Waals surface area contributed by atoms with Crippen LogP contribution in [0.4, 0.5) is 5.69 Å². The zero-order valence-electron chi connectivity index (χ0n) is 17.5. The van der Waals surface area contributed by atoms with E-state index in [0.29, 0.717) is 30.2 Å². The number of methoxy groups -OCH3 is 2. The van der Waals surface area contributed by atoms with Gasteiger partial charge in [-0.3, -0.25) is 9.59 Å². The van der Waals surface area contributed by atoms with Gasteiger partial charge in [0.25, 0.3) is 5.91 Å². The number of nitrogens with zero attached hydrogens (tertiary/aromatic N) is 1. The van der Waals surface area contributed by atoms with Crippen LogP contribution in [-0.2, 0) is 9.53 Å². The van der Waals surface area contributed by atoms with E-state index in [4.69, 9.17) is 9.47 Å². The van der Waals surface area contributed by atoms with Crippen molar-refractivity contribution in [2.45, 2.75) is 37.1 Å². The van der Waals surface area contributed by atoms with E-state index in [0.717, 1.165) is 31.2 Å². The van der Waals surface area contributed by atoms with Crippen LogP contribution in [0.15, 0.2) is 48.5 Å². The minimum atomic E-state index is -0.521. The number of benzene rings is 2. The van der Waals surface area contributed by atoms with Crippen molar-refractivity contribution in [3.05, 3.63) is 59.7 Å². The molecule has 30 heavy (non-hydrogen) atoms. The summed E-state index contributed by atoms with van der Waals surface area (Å²) in [6, 6.07) is 14.9. The van der Waals surface area contributed by atoms with Gasteiger partial charge in [-0.1, -0.05) is 37.1 Å². The van der Waals surface area contributed by atoms with E-state index >= 15 is 0 Å². The highest BCUT2D eigenvalue weighted by Crippen LogP contribution is 2.50. The van der Waals surface area contributed by atoms with Crippen LogP contribution in [0.2, 0.25) is 0 Å². The number of hydrogen-bond donors (Lipinski definition) is 1. The molecule has 1 spiro atoms. The summed E-state index contributed by atoms with van der Waals surface area (Å²) >= 11 is 0. The van der Waals surface area contributed by atoms with Gasteiger partial charge in [0.05, 0.1) is 25.2 Å². The van der Waals surface area contributed by atoms with Gasteiger partial charge in [-0.15, -0.1) is 0 Å². The van der Waals surface area contributed by atoms with E-state index in [1.54, 1.807) is 14.2 Å². The first-order chi connectivity index (χ1) is 14.6. The average Bonchev–Trinajstić information content (AvgIpc) is 3.23. The number of amides is 2. The molecular weight excluding hydrogens is 380 g/mol. The second-order valence-corrected chi connectivity index (χ2v) is 8.00. The summed E-state index contributed by atoms with van der Waals surface area (Å²) in [5.74, 6) is 0.156. The molecule has 158 valence electrons. The lowest BCUT2D eigenvalue weighted by Gasteiger charge is -2.50. The molecule has 2 aliphatic rings. The Kier molecular flexibility index (Phi) is 5.77. The van der Waals surface area contributed by atoms with E-state index in [2.05, 4.69) is 5.32 Å². The van der Waals surface area contributed by atoms with Crippen LogP contribution in [0.3, 0.4) is 0 Å². The number of hydrogen-bond acceptors (Lipinski definition) is 4. The van der Waals surface area contributed by atoms with Crippen molar-refractivity contribution >= 4 is 17.5 Å². The fourth-order valence-electron chi connectivity index (χ4n) is 5.09. The van der Waals surface area contributed by atoms with Gasteiger partial charge in [-0.2, -0.15) is 0 Å². The number of carbonyl (C=O) groups excluding carboxylic acids is 2. The normalized spacial score (nSPS) is 19.6. The smallest absolute Gasteiger partial charge is 0.254 e. The summed E-state index contributed by atoms with van der Waals surface area (Å²) in [6.07, 6.45) is 3.63. The topological polar surface area (TPSA) is 67.9 Å². The Morgan fingerprint density at radius 2 is 1.90 bits per heavy atom. The van der Waals surface area contributed by atoms with Crippen molar-refractivity contribution in [1.29, 1.82) is 0 Å². The van der Waals surface area contributed by atoms with Gasteiger partial charge in [-0.25, -0.2) is 0 Å². The molecule has 1 aliphatic heterocycles. The molecule has 2 aromatic rings. The molecule has 0 saturated heterocycles. The molecule has 6 heteroatoms. The second kappa shape index (κ2) is 8.48. The van der Waals surface area contributed by atoms with E-state index in [9.17, 15) is 9.59 Å². The van der Waals surface area contributed by atoms with Crippen molar-refractivity contribution < 1.29 is 19.1 Å². The van der Waals surface area contributed by atoms with Gasteiger partial charge < -0.3 is 19.7 Å². The predicted octanol–water partition coefficient (Wildman–Crippen LogP) is 3.83. The lowest BCUT2D eigenvalue weighted by molar-refractivity contribution is -0.121. The highest BCUT2D eigenvalue weighted by molar-refractivity contribution is 6.05. The number of fused-ring (bicyclic) bond motifs is 1. The van der Waals surface area contributed by atoms with Gasteiger partial charge >= 0.3 is 0 Å². The molecule has 1 fully saturated rings. The zero-order chi connectivity index (χ0) is 21.1. The third-order valence-corrected chi connectivity index (χ3v) is 6.41. The maximum Gasteiger partial charge on any atom is 0.254 e. The summed E-state index contributed by atoms with van der Waals surface area (Å²) in [7, 11) is 3.24. The molecule has 1 N–H and O–H groups in total. The summed E-state index contributed by atoms with van der Waals surface area (Å²) < 4.78 is 10.6. The number of carbonyl (C=O) groups is 2. The highest BCUT2D eigenvalue weighted by atomic mass is 16.5. The van der Waals surface area contributed by atoms with Gasteiger partial charge in [-0.05, 0) is 36.6 Å². The minimum Gasteiger partial charge on any atom is -0.497 e. The van der Waals surface area contributed by atoms with Crippen molar-refractivity contribution in [3.63, 3.8) is 0 Å². The number of anilines is 1. The minimum absolute atomic E-state index is 0.00465. The van der Waals surface area contributed by atoms with E-state index in [1.165, 1.54) is 0 Å². The fourth-order valence-corrected chi connectivity index (χ4v) is 5.09. The lowest BCUT2D eigenvalue weighted by atomic mass is 9.71. The molecule has 1 atom stereocenters. The Morgan fingerprint density at radius 1 is 1.13 bits per heavy atom. The maximum absolute atomic E-state index is 13.7. The Bertz CT molecular complexity index is 936. The molecule has 0 radical (unpaired) electrons. The Balaban J connectivity index is 1.77. The molecule has 2 aromatic carbocycles. The predicted molar refractivity (Wildman–Crippen MR) is 115 cm³/mol. The second-order valence-electron chi connectivity index (χ2n) is 8.00. The van der Waals surface area contributed by atoms with Gasteiger partial charge in [0.2, 0.25) is 5.91 Å². The molecule has 1 heterocycles. The highest BCUT2D eigenvalue weighted by Gasteiger charge is 2.55. The number of rotatable bonds is 6. The summed E-state index contributed by atoms with van der Waals surface area (Å²) in [5, 5.41) is 3.08. The quantitative estimate of drug-likeness (QED) is 0.789. The molecule has 6 nitrogen and oxygen atoms in total. The molecule has 0 aromatic heterocycles. The monoisotopic (exact) mass is 408 g/mol. The first-order valence-corrected chi connectivity index (χ1v) is 10.5. The average molecular weight is 408 g/mol. The van der Waals surface area contributed by atoms with Gasteiger partial charge in [0.1, 0.15) is 5.75 Å². The van der Waals surface area contributed by atoms with Crippen LogP contribution in [0.25, 0.3) is 0 Å². The van der Waals surface area contributed by atoms with E-state index in [-0.39, 0.29) is 11.8 Å². The SMILES string of the molecule is COCCN1C(=O)c2ccccc2[C@H](C(=O)Nc2cccc(OC)c2)C12CCCC2. The van der Waals surface area contributed by atoms with Crippen molar-refractivity contribution in [3.8, 4) is 5.75 Å². The van der Waals surface area contributed by atoms with Crippen LogP contribution in [0.1, 0.15) is 47.5 Å². The van der Waals surface area contributed by atoms with Gasteiger partial charge in [0.15, 0.2) is 0 Å². The van der Waals surface area contributed by atoms with Crippen LogP contribution < -0.4 is 10.1 Å².